The van der Waals surface area contributed by atoms with Crippen LogP contribution in [-0.4, -0.2) is 54.4 Å². The monoisotopic (exact) mass is 517 g/mol. The van der Waals surface area contributed by atoms with Crippen LogP contribution in [0.4, 0.5) is 0 Å². The minimum atomic E-state index is -1.03. The molecule has 3 atom stereocenters. The molecule has 2 unspecified atom stereocenters. The first kappa shape index (κ1) is 25.3. The van der Waals surface area contributed by atoms with Crippen molar-refractivity contribution in [2.75, 3.05) is 13.7 Å². The number of benzene rings is 2. The van der Waals surface area contributed by atoms with Crippen LogP contribution in [0, 0.1) is 11.8 Å². The fraction of sp³-hybridized carbons (Fsp3) is 0.357. The molecule has 1 aliphatic heterocycles. The SMILES string of the molecule is COc1cccc2[nH]c(C(=O)NC(C(=O)NC(C[C@@H]3CCNC3=O)C(N)=O)C3Cc4ccccc4C3)cc12. The maximum Gasteiger partial charge on any atom is 0.268 e. The number of carbonyl (C=O) groups excluding carboxylic acids is 4. The Morgan fingerprint density at radius 1 is 1.08 bits per heavy atom. The number of H-pyrrole nitrogens is 1. The van der Waals surface area contributed by atoms with E-state index in [4.69, 9.17) is 10.5 Å². The van der Waals surface area contributed by atoms with Crippen molar-refractivity contribution >= 4 is 34.5 Å². The largest absolute Gasteiger partial charge is 0.496 e. The predicted octanol–water partition coefficient (Wildman–Crippen LogP) is 1.19. The molecule has 0 radical (unpaired) electrons. The van der Waals surface area contributed by atoms with Crippen LogP contribution in [0.2, 0.25) is 0 Å². The third kappa shape index (κ3) is 5.06. The van der Waals surface area contributed by atoms with E-state index in [-0.39, 0.29) is 23.9 Å². The van der Waals surface area contributed by atoms with Gasteiger partial charge in [0.05, 0.1) is 7.11 Å². The molecule has 1 aromatic heterocycles. The Bertz CT molecular complexity index is 1370. The fourth-order valence-electron chi connectivity index (χ4n) is 5.53. The molecular weight excluding hydrogens is 486 g/mol. The van der Waals surface area contributed by atoms with Gasteiger partial charge in [-0.25, -0.2) is 0 Å². The van der Waals surface area contributed by atoms with Crippen molar-refractivity contribution in [3.63, 3.8) is 0 Å². The summed E-state index contributed by atoms with van der Waals surface area (Å²) in [5.74, 6) is -1.84. The van der Waals surface area contributed by atoms with Gasteiger partial charge in [0.15, 0.2) is 0 Å². The van der Waals surface area contributed by atoms with Crippen LogP contribution in [0.15, 0.2) is 48.5 Å². The van der Waals surface area contributed by atoms with Crippen molar-refractivity contribution in [3.8, 4) is 5.75 Å². The first-order chi connectivity index (χ1) is 18.3. The predicted molar refractivity (Wildman–Crippen MR) is 140 cm³/mol. The van der Waals surface area contributed by atoms with Gasteiger partial charge in [0, 0.05) is 23.4 Å². The molecule has 0 bridgehead atoms. The number of aromatic amines is 1. The summed E-state index contributed by atoms with van der Waals surface area (Å²) in [5, 5.41) is 9.11. The number of nitrogens with two attached hydrogens (primary N) is 1. The molecule has 6 N–H and O–H groups in total. The molecular formula is C28H31N5O5. The molecule has 4 amide bonds. The zero-order chi connectivity index (χ0) is 26.8. The van der Waals surface area contributed by atoms with Gasteiger partial charge in [-0.15, -0.1) is 0 Å². The Kier molecular flexibility index (Phi) is 7.04. The Labute approximate surface area is 219 Å². The van der Waals surface area contributed by atoms with Gasteiger partial charge < -0.3 is 31.4 Å². The maximum absolute atomic E-state index is 13.6. The number of carbonyl (C=O) groups is 4. The highest BCUT2D eigenvalue weighted by atomic mass is 16.5. The minimum Gasteiger partial charge on any atom is -0.496 e. The second-order valence-corrected chi connectivity index (χ2v) is 9.97. The maximum atomic E-state index is 13.6. The molecule has 10 nitrogen and oxygen atoms in total. The third-order valence-electron chi connectivity index (χ3n) is 7.55. The van der Waals surface area contributed by atoms with Gasteiger partial charge in [-0.2, -0.15) is 0 Å². The highest BCUT2D eigenvalue weighted by Crippen LogP contribution is 2.30. The van der Waals surface area contributed by atoms with Gasteiger partial charge in [-0.05, 0) is 60.9 Å². The number of nitrogens with one attached hydrogen (secondary N) is 4. The van der Waals surface area contributed by atoms with Crippen molar-refractivity contribution in [2.24, 2.45) is 17.6 Å². The van der Waals surface area contributed by atoms with E-state index in [1.165, 1.54) is 0 Å². The molecule has 198 valence electrons. The van der Waals surface area contributed by atoms with Crippen LogP contribution in [0.5, 0.6) is 5.75 Å². The van der Waals surface area contributed by atoms with Crippen LogP contribution < -0.4 is 26.4 Å². The average Bonchev–Trinajstić information content (AvgIpc) is 3.64. The first-order valence-electron chi connectivity index (χ1n) is 12.7. The standard InChI is InChI=1S/C28H31N5O5/c1-38-23-8-4-7-20-19(23)14-22(31-20)27(36)33-24(18-11-15-5-2-3-6-16(15)12-18)28(37)32-21(25(29)34)13-17-9-10-30-26(17)35/h2-8,14,17-18,21,24,31H,9-13H2,1H3,(H2,29,34)(H,30,35)(H,32,37)(H,33,36)/t17-,21?,24?/m0/s1. The summed E-state index contributed by atoms with van der Waals surface area (Å²) in [6, 6.07) is 13.1. The molecule has 10 heteroatoms. The van der Waals surface area contributed by atoms with Crippen LogP contribution in [0.1, 0.15) is 34.5 Å². The normalized spacial score (nSPS) is 18.4. The Morgan fingerprint density at radius 3 is 2.45 bits per heavy atom. The number of amides is 4. The number of ether oxygens (including phenoxy) is 1. The van der Waals surface area contributed by atoms with Gasteiger partial charge in [-0.1, -0.05) is 30.3 Å². The van der Waals surface area contributed by atoms with E-state index in [0.29, 0.717) is 31.6 Å². The molecule has 1 aliphatic carbocycles. The number of hydrogen-bond donors (Lipinski definition) is 5. The van der Waals surface area contributed by atoms with Gasteiger partial charge in [0.1, 0.15) is 23.5 Å². The van der Waals surface area contributed by atoms with Crippen LogP contribution in [0.25, 0.3) is 10.9 Å². The lowest BCUT2D eigenvalue weighted by Crippen LogP contribution is -2.56. The van der Waals surface area contributed by atoms with Gasteiger partial charge in [0.2, 0.25) is 17.7 Å². The molecule has 3 aromatic rings. The molecule has 2 heterocycles. The molecule has 0 saturated carbocycles. The molecule has 2 aromatic carbocycles. The number of primary amides is 1. The van der Waals surface area contributed by atoms with E-state index in [9.17, 15) is 19.2 Å². The number of hydrogen-bond acceptors (Lipinski definition) is 5. The van der Waals surface area contributed by atoms with Crippen molar-refractivity contribution < 1.29 is 23.9 Å². The van der Waals surface area contributed by atoms with E-state index in [1.807, 2.05) is 36.4 Å². The van der Waals surface area contributed by atoms with E-state index < -0.39 is 35.7 Å². The van der Waals surface area contributed by atoms with Crippen molar-refractivity contribution in [1.29, 1.82) is 0 Å². The third-order valence-corrected chi connectivity index (χ3v) is 7.55. The Hall–Kier alpha value is -4.34. The lowest BCUT2D eigenvalue weighted by Gasteiger charge is -2.26. The summed E-state index contributed by atoms with van der Waals surface area (Å²) in [4.78, 5) is 54.4. The number of methoxy groups -OCH3 is 1. The average molecular weight is 518 g/mol. The quantitative estimate of drug-likeness (QED) is 0.288. The smallest absolute Gasteiger partial charge is 0.268 e. The first-order valence-corrected chi connectivity index (χ1v) is 12.7. The van der Waals surface area contributed by atoms with Gasteiger partial charge in [0.25, 0.3) is 5.91 Å². The van der Waals surface area contributed by atoms with Crippen LogP contribution in [0.3, 0.4) is 0 Å². The zero-order valence-corrected chi connectivity index (χ0v) is 21.1. The topological polar surface area (TPSA) is 155 Å². The van der Waals surface area contributed by atoms with Crippen molar-refractivity contribution in [1.82, 2.24) is 20.9 Å². The van der Waals surface area contributed by atoms with Gasteiger partial charge in [-0.3, -0.25) is 19.2 Å². The molecule has 1 saturated heterocycles. The summed E-state index contributed by atoms with van der Waals surface area (Å²) in [6.07, 6.45) is 1.88. The van der Waals surface area contributed by atoms with Crippen LogP contribution in [-0.2, 0) is 27.2 Å². The summed E-state index contributed by atoms with van der Waals surface area (Å²) < 4.78 is 5.40. The second-order valence-electron chi connectivity index (χ2n) is 9.97. The molecule has 2 aliphatic rings. The highest BCUT2D eigenvalue weighted by Gasteiger charge is 2.37. The highest BCUT2D eigenvalue weighted by molar-refractivity contribution is 6.02. The van der Waals surface area contributed by atoms with E-state index in [0.717, 1.165) is 22.0 Å². The fourth-order valence-corrected chi connectivity index (χ4v) is 5.53. The van der Waals surface area contributed by atoms with Gasteiger partial charge >= 0.3 is 0 Å². The zero-order valence-electron chi connectivity index (χ0n) is 21.1. The lowest BCUT2D eigenvalue weighted by molar-refractivity contribution is -0.130. The number of rotatable bonds is 9. The number of aromatic nitrogens is 1. The number of fused-ring (bicyclic) bond motifs is 2. The Morgan fingerprint density at radius 2 is 1.82 bits per heavy atom. The molecule has 5 rings (SSSR count). The molecule has 1 fully saturated rings. The van der Waals surface area contributed by atoms with Crippen molar-refractivity contribution in [3.05, 3.63) is 65.4 Å². The van der Waals surface area contributed by atoms with E-state index in [2.05, 4.69) is 20.9 Å². The molecule has 0 spiro atoms. The lowest BCUT2D eigenvalue weighted by atomic mass is 9.93. The minimum absolute atomic E-state index is 0.111. The summed E-state index contributed by atoms with van der Waals surface area (Å²) in [6.45, 7) is 0.525. The summed E-state index contributed by atoms with van der Waals surface area (Å²) in [5.41, 5.74) is 8.86. The van der Waals surface area contributed by atoms with E-state index in [1.54, 1.807) is 19.2 Å². The summed E-state index contributed by atoms with van der Waals surface area (Å²) >= 11 is 0. The Balaban J connectivity index is 1.38. The van der Waals surface area contributed by atoms with Crippen molar-refractivity contribution in [2.45, 2.75) is 37.8 Å². The molecule has 38 heavy (non-hydrogen) atoms. The summed E-state index contributed by atoms with van der Waals surface area (Å²) in [7, 11) is 1.56. The van der Waals surface area contributed by atoms with Crippen LogP contribution >= 0.6 is 0 Å². The van der Waals surface area contributed by atoms with E-state index >= 15 is 0 Å². The second kappa shape index (κ2) is 10.6.